The molecule has 176 valence electrons. The van der Waals surface area contributed by atoms with Gasteiger partial charge in [-0.2, -0.15) is 0 Å². The minimum absolute atomic E-state index is 0.0179. The van der Waals surface area contributed by atoms with Crippen LogP contribution in [0, 0.1) is 0 Å². The summed E-state index contributed by atoms with van der Waals surface area (Å²) in [6, 6.07) is 29.3. The Labute approximate surface area is 201 Å². The van der Waals surface area contributed by atoms with E-state index in [0.29, 0.717) is 13.0 Å². The van der Waals surface area contributed by atoms with Crippen LogP contribution in [-0.2, 0) is 19.1 Å². The summed E-state index contributed by atoms with van der Waals surface area (Å²) < 4.78 is 11.2. The molecule has 0 aliphatic carbocycles. The molecule has 1 heterocycles. The average molecular weight is 458 g/mol. The molecule has 4 rings (SSSR count). The minimum Gasteiger partial charge on any atom is -0.463 e. The molecule has 34 heavy (non-hydrogen) atoms. The fourth-order valence-corrected chi connectivity index (χ4v) is 4.90. The van der Waals surface area contributed by atoms with E-state index >= 15 is 0 Å². The Bertz CT molecular complexity index is 1060. The van der Waals surface area contributed by atoms with Gasteiger partial charge in [0.05, 0.1) is 18.8 Å². The quantitative estimate of drug-likeness (QED) is 0.409. The van der Waals surface area contributed by atoms with Crippen molar-refractivity contribution >= 4 is 11.9 Å². The van der Waals surface area contributed by atoms with E-state index < -0.39 is 0 Å². The molecule has 1 N–H and O–H groups in total. The molecule has 0 spiro atoms. The van der Waals surface area contributed by atoms with Crippen LogP contribution in [0.15, 0.2) is 84.9 Å². The minimum atomic E-state index is -0.322. The SMILES string of the molecule is CC(=O)NC1COC(COC(C)=O)CC1c1ccccc1C(c1ccccc1)c1ccccc1. The van der Waals surface area contributed by atoms with Crippen LogP contribution >= 0.6 is 0 Å². The van der Waals surface area contributed by atoms with Crippen LogP contribution < -0.4 is 5.32 Å². The molecule has 0 saturated carbocycles. The molecule has 3 aromatic rings. The van der Waals surface area contributed by atoms with Crippen molar-refractivity contribution in [1.82, 2.24) is 5.32 Å². The van der Waals surface area contributed by atoms with Gasteiger partial charge in [0.15, 0.2) is 0 Å². The van der Waals surface area contributed by atoms with Crippen molar-refractivity contribution in [3.63, 3.8) is 0 Å². The maximum absolute atomic E-state index is 12.0. The lowest BCUT2D eigenvalue weighted by Gasteiger charge is -2.38. The van der Waals surface area contributed by atoms with Gasteiger partial charge >= 0.3 is 5.97 Å². The highest BCUT2D eigenvalue weighted by Crippen LogP contribution is 2.40. The van der Waals surface area contributed by atoms with E-state index in [2.05, 4.69) is 72.0 Å². The first-order chi connectivity index (χ1) is 16.5. The van der Waals surface area contributed by atoms with Gasteiger partial charge in [0, 0.05) is 25.7 Å². The summed E-state index contributed by atoms with van der Waals surface area (Å²) in [5, 5.41) is 3.09. The molecular formula is C29H31NO4. The maximum Gasteiger partial charge on any atom is 0.302 e. The topological polar surface area (TPSA) is 64.6 Å². The monoisotopic (exact) mass is 457 g/mol. The van der Waals surface area contributed by atoms with E-state index in [0.717, 1.165) is 0 Å². The molecule has 0 bridgehead atoms. The summed E-state index contributed by atoms with van der Waals surface area (Å²) in [5.74, 6) is -0.342. The number of esters is 1. The zero-order valence-electron chi connectivity index (χ0n) is 19.6. The van der Waals surface area contributed by atoms with Gasteiger partial charge in [-0.1, -0.05) is 84.9 Å². The molecule has 3 unspecified atom stereocenters. The van der Waals surface area contributed by atoms with Crippen molar-refractivity contribution < 1.29 is 19.1 Å². The van der Waals surface area contributed by atoms with Crippen LogP contribution in [0.3, 0.4) is 0 Å². The number of hydrogen-bond acceptors (Lipinski definition) is 4. The van der Waals surface area contributed by atoms with E-state index in [1.54, 1.807) is 0 Å². The Morgan fingerprint density at radius 1 is 0.912 bits per heavy atom. The number of benzene rings is 3. The van der Waals surface area contributed by atoms with Crippen LogP contribution in [0.2, 0.25) is 0 Å². The number of rotatable bonds is 7. The number of carbonyl (C=O) groups excluding carboxylic acids is 2. The van der Waals surface area contributed by atoms with Crippen LogP contribution in [0.4, 0.5) is 0 Å². The van der Waals surface area contributed by atoms with Crippen molar-refractivity contribution in [2.75, 3.05) is 13.2 Å². The van der Waals surface area contributed by atoms with Crippen molar-refractivity contribution in [2.45, 2.75) is 44.2 Å². The van der Waals surface area contributed by atoms with Gasteiger partial charge in [-0.15, -0.1) is 0 Å². The predicted octanol–water partition coefficient (Wildman–Crippen LogP) is 4.81. The summed E-state index contributed by atoms with van der Waals surface area (Å²) >= 11 is 0. The zero-order chi connectivity index (χ0) is 23.9. The smallest absolute Gasteiger partial charge is 0.302 e. The lowest BCUT2D eigenvalue weighted by atomic mass is 9.76. The number of carbonyl (C=O) groups is 2. The lowest BCUT2D eigenvalue weighted by Crippen LogP contribution is -2.48. The Morgan fingerprint density at radius 2 is 1.50 bits per heavy atom. The van der Waals surface area contributed by atoms with Gasteiger partial charge in [-0.3, -0.25) is 9.59 Å². The van der Waals surface area contributed by atoms with E-state index in [-0.39, 0.29) is 42.5 Å². The summed E-state index contributed by atoms with van der Waals surface area (Å²) in [5.41, 5.74) is 4.80. The number of ether oxygens (including phenoxy) is 2. The van der Waals surface area contributed by atoms with Gasteiger partial charge in [-0.05, 0) is 28.7 Å². The maximum atomic E-state index is 12.0. The second-order valence-corrected chi connectivity index (χ2v) is 8.79. The number of amides is 1. The van der Waals surface area contributed by atoms with Gasteiger partial charge < -0.3 is 14.8 Å². The highest BCUT2D eigenvalue weighted by atomic mass is 16.6. The molecule has 5 nitrogen and oxygen atoms in total. The molecule has 5 heteroatoms. The van der Waals surface area contributed by atoms with Crippen LogP contribution in [0.1, 0.15) is 54.4 Å². The molecule has 0 radical (unpaired) electrons. The summed E-state index contributed by atoms with van der Waals surface area (Å²) in [6.45, 7) is 3.51. The molecule has 1 aliphatic heterocycles. The van der Waals surface area contributed by atoms with Crippen LogP contribution in [0.5, 0.6) is 0 Å². The molecule has 1 saturated heterocycles. The molecule has 1 fully saturated rings. The molecule has 3 atom stereocenters. The first-order valence-electron chi connectivity index (χ1n) is 11.7. The summed E-state index contributed by atoms with van der Waals surface area (Å²) in [4.78, 5) is 23.4. The van der Waals surface area contributed by atoms with Crippen molar-refractivity contribution in [3.05, 3.63) is 107 Å². The fourth-order valence-electron chi connectivity index (χ4n) is 4.90. The van der Waals surface area contributed by atoms with E-state index in [1.165, 1.54) is 36.1 Å². The van der Waals surface area contributed by atoms with Gasteiger partial charge in [0.1, 0.15) is 6.61 Å². The molecule has 0 aromatic heterocycles. The first kappa shape index (κ1) is 23.7. The highest BCUT2D eigenvalue weighted by molar-refractivity contribution is 5.73. The van der Waals surface area contributed by atoms with Crippen LogP contribution in [-0.4, -0.2) is 37.2 Å². The zero-order valence-corrected chi connectivity index (χ0v) is 19.6. The summed E-state index contributed by atoms with van der Waals surface area (Å²) in [7, 11) is 0. The third-order valence-electron chi connectivity index (χ3n) is 6.35. The number of nitrogens with one attached hydrogen (secondary N) is 1. The van der Waals surface area contributed by atoms with Crippen LogP contribution in [0.25, 0.3) is 0 Å². The van der Waals surface area contributed by atoms with Crippen molar-refractivity contribution in [1.29, 1.82) is 0 Å². The Hall–Kier alpha value is -3.44. The van der Waals surface area contributed by atoms with E-state index in [1.807, 2.05) is 18.2 Å². The second-order valence-electron chi connectivity index (χ2n) is 8.79. The Morgan fingerprint density at radius 3 is 2.09 bits per heavy atom. The van der Waals surface area contributed by atoms with Crippen molar-refractivity contribution in [2.24, 2.45) is 0 Å². The second kappa shape index (κ2) is 11.1. The first-order valence-corrected chi connectivity index (χ1v) is 11.7. The van der Waals surface area contributed by atoms with E-state index in [9.17, 15) is 9.59 Å². The summed E-state index contributed by atoms with van der Waals surface area (Å²) in [6.07, 6.45) is 0.421. The molecule has 1 amide bonds. The lowest BCUT2D eigenvalue weighted by molar-refractivity contribution is -0.147. The normalized spacial score (nSPS) is 20.0. The predicted molar refractivity (Wildman–Crippen MR) is 132 cm³/mol. The molecule has 1 aliphatic rings. The van der Waals surface area contributed by atoms with Gasteiger partial charge in [-0.25, -0.2) is 0 Å². The highest BCUT2D eigenvalue weighted by Gasteiger charge is 2.35. The third kappa shape index (κ3) is 5.72. The van der Waals surface area contributed by atoms with Gasteiger partial charge in [0.25, 0.3) is 0 Å². The fraction of sp³-hybridized carbons (Fsp3) is 0.310. The Kier molecular flexibility index (Phi) is 7.76. The third-order valence-corrected chi connectivity index (χ3v) is 6.35. The van der Waals surface area contributed by atoms with E-state index in [4.69, 9.17) is 9.47 Å². The average Bonchev–Trinajstić information content (AvgIpc) is 2.85. The van der Waals surface area contributed by atoms with Gasteiger partial charge in [0.2, 0.25) is 5.91 Å². The largest absolute Gasteiger partial charge is 0.463 e. The standard InChI is InChI=1S/C29H31NO4/c1-20(31)30-28-19-34-24(18-33-21(2)32)17-27(28)25-15-9-10-16-26(25)29(22-11-5-3-6-12-22)23-13-7-4-8-14-23/h3-16,24,27-29H,17-19H2,1-2H3,(H,30,31). The molecule has 3 aromatic carbocycles. The molecular weight excluding hydrogens is 426 g/mol. The number of hydrogen-bond donors (Lipinski definition) is 1. The Balaban J connectivity index is 1.77. The van der Waals surface area contributed by atoms with Crippen molar-refractivity contribution in [3.8, 4) is 0 Å².